The molecule has 0 saturated carbocycles. The number of aliphatic carboxylic acids is 1. The number of alkyl halides is 6. The van der Waals surface area contributed by atoms with Gasteiger partial charge in [-0.25, -0.2) is 23.4 Å². The van der Waals surface area contributed by atoms with Gasteiger partial charge in [0.05, 0.1) is 5.75 Å². The number of ketones is 2. The lowest BCUT2D eigenvalue weighted by Gasteiger charge is -2.34. The van der Waals surface area contributed by atoms with Crippen molar-refractivity contribution < 1.29 is 54.3 Å². The van der Waals surface area contributed by atoms with Crippen molar-refractivity contribution in [2.45, 2.75) is 69.1 Å². The minimum atomic E-state index is -5.77. The van der Waals surface area contributed by atoms with Crippen molar-refractivity contribution >= 4 is 45.0 Å². The first kappa shape index (κ1) is 40.9. The van der Waals surface area contributed by atoms with Crippen molar-refractivity contribution in [3.63, 3.8) is 0 Å². The first-order valence-electron chi connectivity index (χ1n) is 16.4. The number of carbonyl (C=O) groups excluding carboxylic acids is 2. The third-order valence-corrected chi connectivity index (χ3v) is 9.78. The van der Waals surface area contributed by atoms with E-state index in [1.54, 1.807) is 30.3 Å². The molecule has 0 aliphatic carbocycles. The zero-order valence-electron chi connectivity index (χ0n) is 28.3. The summed E-state index contributed by atoms with van der Waals surface area (Å²) in [5, 5.41) is 16.2. The standard InChI is InChI=1S/C29H37N7O4S.C4F6O2/c1-2-23-27(31-17-25(29(37)38)35-41(39,40)18-20-7-4-3-5-8-20)32-19-33-28(23)36-15-12-21(13-16-36)24-11-10-22-9-6-14-30-26(22)34-24;5-3(6,7)1(11)2(12)4(8,9)10/h3-5,7-8,10-11,19,21,25,35H,2,6,9,12-18H2,1H3,(H,30,34)(H,37,38)(H,31,32,33);/t25-;/m0./s1. The third kappa shape index (κ3) is 11.3. The average molecular weight is 774 g/mol. The Morgan fingerprint density at radius 2 is 1.62 bits per heavy atom. The number of piperidine rings is 1. The lowest BCUT2D eigenvalue weighted by Crippen LogP contribution is -2.45. The number of sulfonamides is 1. The number of aromatic nitrogens is 3. The highest BCUT2D eigenvalue weighted by Gasteiger charge is 2.54. The lowest BCUT2D eigenvalue weighted by atomic mass is 9.92. The number of aryl methyl sites for hydroxylation is 1. The lowest BCUT2D eigenvalue weighted by molar-refractivity contribution is -0.193. The third-order valence-electron chi connectivity index (χ3n) is 8.42. The molecule has 1 fully saturated rings. The second-order valence-electron chi connectivity index (χ2n) is 12.2. The number of carboxylic acid groups (broad SMARTS) is 1. The second-order valence-corrected chi connectivity index (χ2v) is 14.0. The van der Waals surface area contributed by atoms with Crippen molar-refractivity contribution in [1.82, 2.24) is 19.7 Å². The van der Waals surface area contributed by atoms with E-state index < -0.39 is 46.0 Å². The van der Waals surface area contributed by atoms with Gasteiger partial charge in [0.1, 0.15) is 29.8 Å². The van der Waals surface area contributed by atoms with Crippen LogP contribution in [0.1, 0.15) is 54.5 Å². The molecule has 2 aliphatic rings. The van der Waals surface area contributed by atoms with Crippen LogP contribution in [0.4, 0.5) is 43.8 Å². The van der Waals surface area contributed by atoms with Gasteiger partial charge < -0.3 is 20.6 Å². The summed E-state index contributed by atoms with van der Waals surface area (Å²) in [4.78, 5) is 47.3. The minimum absolute atomic E-state index is 0.160. The number of anilines is 3. The molecule has 0 bridgehead atoms. The van der Waals surface area contributed by atoms with Gasteiger partial charge in [0, 0.05) is 43.4 Å². The molecule has 288 valence electrons. The molecule has 3 aromatic rings. The topological polar surface area (TPSA) is 184 Å². The Hall–Kier alpha value is -4.85. The van der Waals surface area contributed by atoms with E-state index >= 15 is 0 Å². The highest BCUT2D eigenvalue weighted by atomic mass is 32.2. The van der Waals surface area contributed by atoms with Gasteiger partial charge in [0.15, 0.2) is 0 Å². The highest BCUT2D eigenvalue weighted by molar-refractivity contribution is 7.88. The maximum atomic E-state index is 12.7. The summed E-state index contributed by atoms with van der Waals surface area (Å²) >= 11 is 0. The van der Waals surface area contributed by atoms with Crippen molar-refractivity contribution in [1.29, 1.82) is 0 Å². The van der Waals surface area contributed by atoms with E-state index in [0.29, 0.717) is 23.7 Å². The summed E-state index contributed by atoms with van der Waals surface area (Å²) in [5.41, 5.74) is 3.88. The number of pyridine rings is 1. The Labute approximate surface area is 300 Å². The van der Waals surface area contributed by atoms with E-state index in [4.69, 9.17) is 4.98 Å². The minimum Gasteiger partial charge on any atom is -0.480 e. The van der Waals surface area contributed by atoms with Crippen molar-refractivity contribution in [2.75, 3.05) is 41.7 Å². The highest BCUT2D eigenvalue weighted by Crippen LogP contribution is 2.33. The summed E-state index contributed by atoms with van der Waals surface area (Å²) in [6.07, 6.45) is -5.33. The van der Waals surface area contributed by atoms with Gasteiger partial charge in [0.2, 0.25) is 10.0 Å². The van der Waals surface area contributed by atoms with Crippen LogP contribution in [0.25, 0.3) is 0 Å². The zero-order chi connectivity index (χ0) is 39.0. The molecule has 1 atom stereocenters. The summed E-state index contributed by atoms with van der Waals surface area (Å²) in [7, 11) is -3.88. The molecule has 0 spiro atoms. The normalized spacial score (nSPS) is 15.6. The van der Waals surface area contributed by atoms with Gasteiger partial charge in [-0.05, 0) is 49.3 Å². The van der Waals surface area contributed by atoms with Crippen molar-refractivity contribution in [3.05, 3.63) is 71.2 Å². The first-order valence-corrected chi connectivity index (χ1v) is 18.1. The van der Waals surface area contributed by atoms with E-state index in [0.717, 1.165) is 68.2 Å². The Balaban J connectivity index is 0.000000450. The summed E-state index contributed by atoms with van der Waals surface area (Å²) in [6.45, 7) is 4.45. The van der Waals surface area contributed by atoms with Crippen molar-refractivity contribution in [2.24, 2.45) is 0 Å². The maximum Gasteiger partial charge on any atom is 0.458 e. The SMILES string of the molecule is CCc1c(NC[C@H](NS(=O)(=O)Cc2ccccc2)C(=O)O)ncnc1N1CCC(c2ccc3c(n2)NCCC3)CC1.O=C(C(=O)C(F)(F)F)C(F)(F)F. The molecule has 4 heterocycles. The van der Waals surface area contributed by atoms with E-state index in [1.807, 2.05) is 6.92 Å². The van der Waals surface area contributed by atoms with Crippen LogP contribution in [0.3, 0.4) is 0 Å². The van der Waals surface area contributed by atoms with Crippen molar-refractivity contribution in [3.8, 4) is 0 Å². The Bertz CT molecular complexity index is 1850. The molecule has 0 unspecified atom stereocenters. The fourth-order valence-corrected chi connectivity index (χ4v) is 7.13. The van der Waals surface area contributed by atoms with Crippen LogP contribution in [0.15, 0.2) is 48.8 Å². The molecule has 5 rings (SSSR count). The molecular formula is C33H37F6N7O6S. The smallest absolute Gasteiger partial charge is 0.458 e. The number of Topliss-reactive ketones (excluding diaryl/α,β-unsaturated/α-hetero) is 2. The molecule has 0 radical (unpaired) electrons. The van der Waals surface area contributed by atoms with Gasteiger partial charge in [-0.3, -0.25) is 14.4 Å². The van der Waals surface area contributed by atoms with E-state index in [-0.39, 0.29) is 12.3 Å². The van der Waals surface area contributed by atoms with Crippen LogP contribution in [0, 0.1) is 0 Å². The summed E-state index contributed by atoms with van der Waals surface area (Å²) in [6, 6.07) is 11.7. The van der Waals surface area contributed by atoms with Crippen LogP contribution in [-0.4, -0.2) is 90.6 Å². The molecule has 53 heavy (non-hydrogen) atoms. The molecule has 1 saturated heterocycles. The van der Waals surface area contributed by atoms with Crippen LogP contribution in [-0.2, 0) is 43.0 Å². The van der Waals surface area contributed by atoms with Crippen LogP contribution < -0.4 is 20.3 Å². The molecular weight excluding hydrogens is 736 g/mol. The predicted molar refractivity (Wildman–Crippen MR) is 181 cm³/mol. The van der Waals surface area contributed by atoms with E-state index in [9.17, 15) is 54.3 Å². The predicted octanol–water partition coefficient (Wildman–Crippen LogP) is 4.41. The van der Waals surface area contributed by atoms with Crippen LogP contribution >= 0.6 is 0 Å². The number of fused-ring (bicyclic) bond motifs is 1. The largest absolute Gasteiger partial charge is 0.480 e. The molecule has 4 N–H and O–H groups in total. The molecule has 0 amide bonds. The number of hydrogen-bond acceptors (Lipinski definition) is 11. The second kappa shape index (κ2) is 17.3. The van der Waals surface area contributed by atoms with Crippen LogP contribution in [0.5, 0.6) is 0 Å². The number of hydrogen-bond donors (Lipinski definition) is 4. The Morgan fingerprint density at radius 3 is 2.21 bits per heavy atom. The van der Waals surface area contributed by atoms with Gasteiger partial charge in [-0.1, -0.05) is 43.3 Å². The first-order chi connectivity index (χ1) is 24.9. The zero-order valence-corrected chi connectivity index (χ0v) is 29.1. The van der Waals surface area contributed by atoms with E-state index in [2.05, 4.69) is 42.4 Å². The number of halogens is 6. The number of rotatable bonds is 12. The summed E-state index contributed by atoms with van der Waals surface area (Å²) in [5.74, 6) is -5.65. The fraction of sp³-hybridized carbons (Fsp3) is 0.455. The van der Waals surface area contributed by atoms with Crippen LogP contribution in [0.2, 0.25) is 0 Å². The summed E-state index contributed by atoms with van der Waals surface area (Å²) < 4.78 is 94.6. The molecule has 2 aliphatic heterocycles. The average Bonchev–Trinajstić information content (AvgIpc) is 3.12. The molecule has 2 aromatic heterocycles. The van der Waals surface area contributed by atoms with Gasteiger partial charge in [0.25, 0.3) is 0 Å². The Morgan fingerprint density at radius 1 is 0.981 bits per heavy atom. The monoisotopic (exact) mass is 773 g/mol. The number of nitrogens with one attached hydrogen (secondary N) is 3. The molecule has 1 aromatic carbocycles. The number of nitrogens with zero attached hydrogens (tertiary/aromatic N) is 4. The molecule has 20 heteroatoms. The fourth-order valence-electron chi connectivity index (χ4n) is 5.80. The quantitative estimate of drug-likeness (QED) is 0.151. The molecule has 13 nitrogen and oxygen atoms in total. The number of carbonyl (C=O) groups is 3. The van der Waals surface area contributed by atoms with Gasteiger partial charge >= 0.3 is 29.9 Å². The Kier molecular flexibility index (Phi) is 13.4. The number of carboxylic acids is 1. The van der Waals surface area contributed by atoms with Gasteiger partial charge in [-0.15, -0.1) is 0 Å². The van der Waals surface area contributed by atoms with Gasteiger partial charge in [-0.2, -0.15) is 31.1 Å². The van der Waals surface area contributed by atoms with E-state index in [1.165, 1.54) is 11.9 Å². The number of benzene rings is 1. The maximum absolute atomic E-state index is 12.7.